The molecule has 9 heteroatoms. The van der Waals surface area contributed by atoms with Crippen LogP contribution in [0.25, 0.3) is 10.9 Å². The van der Waals surface area contributed by atoms with Crippen molar-refractivity contribution in [2.45, 2.75) is 0 Å². The molecule has 0 radical (unpaired) electrons. The Morgan fingerprint density at radius 1 is 1.16 bits per heavy atom. The van der Waals surface area contributed by atoms with Crippen molar-refractivity contribution in [1.29, 1.82) is 0 Å². The van der Waals surface area contributed by atoms with E-state index in [1.54, 1.807) is 18.2 Å². The van der Waals surface area contributed by atoms with E-state index in [4.69, 9.17) is 9.47 Å². The van der Waals surface area contributed by atoms with Gasteiger partial charge in [0, 0.05) is 41.4 Å². The van der Waals surface area contributed by atoms with Crippen LogP contribution in [0.5, 0.6) is 11.5 Å². The van der Waals surface area contributed by atoms with Crippen LogP contribution in [-0.2, 0) is 0 Å². The zero-order valence-electron chi connectivity index (χ0n) is 13.4. The number of nitro benzene ring substituents is 1. The predicted octanol–water partition coefficient (Wildman–Crippen LogP) is 2.74. The standard InChI is InChI=1S/C16H14N4O5/c1-24-11-5-9(6-12(8-11)25-2)17-16(21)15-13-7-10(20(22)23)3-4-14(13)18-19-15/h3-8H,1-2H3,(H,17,21)(H,18,19). The number of hydrogen-bond acceptors (Lipinski definition) is 6. The monoisotopic (exact) mass is 342 g/mol. The number of rotatable bonds is 5. The van der Waals surface area contributed by atoms with Gasteiger partial charge in [-0.3, -0.25) is 20.0 Å². The van der Waals surface area contributed by atoms with Crippen molar-refractivity contribution >= 4 is 28.2 Å². The molecule has 0 aliphatic carbocycles. The first-order chi connectivity index (χ1) is 12.0. The molecule has 0 unspecified atom stereocenters. The topological polar surface area (TPSA) is 119 Å². The Bertz CT molecular complexity index is 944. The van der Waals surface area contributed by atoms with Gasteiger partial charge >= 0.3 is 0 Å². The van der Waals surface area contributed by atoms with E-state index in [-0.39, 0.29) is 11.4 Å². The highest BCUT2D eigenvalue weighted by Gasteiger charge is 2.18. The first kappa shape index (κ1) is 16.2. The smallest absolute Gasteiger partial charge is 0.276 e. The summed E-state index contributed by atoms with van der Waals surface area (Å²) in [7, 11) is 3.00. The first-order valence-corrected chi connectivity index (χ1v) is 7.18. The fraction of sp³-hybridized carbons (Fsp3) is 0.125. The molecule has 2 N–H and O–H groups in total. The highest BCUT2D eigenvalue weighted by molar-refractivity contribution is 6.11. The Morgan fingerprint density at radius 2 is 1.84 bits per heavy atom. The molecule has 25 heavy (non-hydrogen) atoms. The third kappa shape index (κ3) is 3.20. The lowest BCUT2D eigenvalue weighted by Gasteiger charge is -2.09. The van der Waals surface area contributed by atoms with Gasteiger partial charge in [-0.1, -0.05) is 0 Å². The van der Waals surface area contributed by atoms with Gasteiger partial charge in [0.2, 0.25) is 0 Å². The molecule has 3 rings (SSSR count). The van der Waals surface area contributed by atoms with Crippen LogP contribution in [0.3, 0.4) is 0 Å². The van der Waals surface area contributed by atoms with Crippen LogP contribution in [0.2, 0.25) is 0 Å². The number of nitrogens with zero attached hydrogens (tertiary/aromatic N) is 2. The maximum absolute atomic E-state index is 12.5. The van der Waals surface area contributed by atoms with E-state index in [0.717, 1.165) is 0 Å². The Balaban J connectivity index is 1.95. The lowest BCUT2D eigenvalue weighted by Crippen LogP contribution is -2.13. The van der Waals surface area contributed by atoms with E-state index in [1.807, 2.05) is 0 Å². The third-order valence-corrected chi connectivity index (χ3v) is 3.58. The molecular weight excluding hydrogens is 328 g/mol. The summed E-state index contributed by atoms with van der Waals surface area (Å²) in [4.78, 5) is 22.9. The lowest BCUT2D eigenvalue weighted by molar-refractivity contribution is -0.384. The predicted molar refractivity (Wildman–Crippen MR) is 90.2 cm³/mol. The van der Waals surface area contributed by atoms with Gasteiger partial charge in [0.25, 0.3) is 11.6 Å². The summed E-state index contributed by atoms with van der Waals surface area (Å²) in [6.45, 7) is 0. The minimum atomic E-state index is -0.527. The lowest BCUT2D eigenvalue weighted by atomic mass is 10.2. The van der Waals surface area contributed by atoms with Gasteiger partial charge in [-0.05, 0) is 6.07 Å². The van der Waals surface area contributed by atoms with E-state index >= 15 is 0 Å². The molecule has 0 spiro atoms. The molecule has 0 atom stereocenters. The van der Waals surface area contributed by atoms with Gasteiger partial charge in [0.05, 0.1) is 24.7 Å². The Labute approximate surface area is 141 Å². The fourth-order valence-electron chi connectivity index (χ4n) is 2.36. The van der Waals surface area contributed by atoms with Crippen molar-refractivity contribution < 1.29 is 19.2 Å². The summed E-state index contributed by atoms with van der Waals surface area (Å²) >= 11 is 0. The number of benzene rings is 2. The number of carbonyl (C=O) groups is 1. The zero-order chi connectivity index (χ0) is 18.0. The molecule has 0 aliphatic rings. The molecule has 1 amide bonds. The fourth-order valence-corrected chi connectivity index (χ4v) is 2.36. The van der Waals surface area contributed by atoms with Crippen LogP contribution in [0.1, 0.15) is 10.5 Å². The van der Waals surface area contributed by atoms with Crippen LogP contribution >= 0.6 is 0 Å². The molecule has 2 aromatic carbocycles. The number of amides is 1. The second-order valence-corrected chi connectivity index (χ2v) is 5.11. The Hall–Kier alpha value is -3.62. The van der Waals surface area contributed by atoms with E-state index in [0.29, 0.717) is 28.1 Å². The van der Waals surface area contributed by atoms with E-state index in [1.165, 1.54) is 32.4 Å². The number of aromatic nitrogens is 2. The highest BCUT2D eigenvalue weighted by atomic mass is 16.6. The zero-order valence-corrected chi connectivity index (χ0v) is 13.4. The summed E-state index contributed by atoms with van der Waals surface area (Å²) < 4.78 is 10.3. The maximum atomic E-state index is 12.5. The number of methoxy groups -OCH3 is 2. The molecule has 3 aromatic rings. The van der Waals surface area contributed by atoms with Crippen LogP contribution in [0.4, 0.5) is 11.4 Å². The van der Waals surface area contributed by atoms with Crippen molar-refractivity contribution in [2.24, 2.45) is 0 Å². The van der Waals surface area contributed by atoms with E-state index in [2.05, 4.69) is 15.5 Å². The molecule has 1 heterocycles. The summed E-state index contributed by atoms with van der Waals surface area (Å²) in [5.74, 6) is 0.511. The number of nitro groups is 1. The number of H-pyrrole nitrogens is 1. The number of ether oxygens (including phenoxy) is 2. The molecule has 0 fully saturated rings. The van der Waals surface area contributed by atoms with Crippen LogP contribution in [-0.4, -0.2) is 35.2 Å². The average molecular weight is 342 g/mol. The molecule has 0 aliphatic heterocycles. The first-order valence-electron chi connectivity index (χ1n) is 7.18. The SMILES string of the molecule is COc1cc(NC(=O)c2n[nH]c3ccc([N+](=O)[O-])cc23)cc(OC)c1. The van der Waals surface area contributed by atoms with Gasteiger partial charge in [-0.2, -0.15) is 5.10 Å². The van der Waals surface area contributed by atoms with E-state index in [9.17, 15) is 14.9 Å². The highest BCUT2D eigenvalue weighted by Crippen LogP contribution is 2.27. The number of anilines is 1. The third-order valence-electron chi connectivity index (χ3n) is 3.58. The van der Waals surface area contributed by atoms with Crippen molar-refractivity contribution in [3.8, 4) is 11.5 Å². The van der Waals surface area contributed by atoms with Gasteiger partial charge in [0.15, 0.2) is 5.69 Å². The number of carbonyl (C=O) groups excluding carboxylic acids is 1. The molecule has 128 valence electrons. The van der Waals surface area contributed by atoms with Gasteiger partial charge in [-0.25, -0.2) is 0 Å². The van der Waals surface area contributed by atoms with Gasteiger partial charge in [0.1, 0.15) is 11.5 Å². The number of nitrogens with one attached hydrogen (secondary N) is 2. The number of hydrogen-bond donors (Lipinski definition) is 2. The Kier molecular flexibility index (Phi) is 4.21. The van der Waals surface area contributed by atoms with Crippen LogP contribution in [0, 0.1) is 10.1 Å². The summed E-state index contributed by atoms with van der Waals surface area (Å²) in [5, 5.41) is 20.6. The molecule has 9 nitrogen and oxygen atoms in total. The quantitative estimate of drug-likeness (QED) is 0.543. The normalized spacial score (nSPS) is 10.5. The summed E-state index contributed by atoms with van der Waals surface area (Å²) in [5.41, 5.74) is 0.910. The van der Waals surface area contributed by atoms with Crippen molar-refractivity contribution in [3.63, 3.8) is 0 Å². The average Bonchev–Trinajstić information content (AvgIpc) is 3.04. The Morgan fingerprint density at radius 3 is 2.44 bits per heavy atom. The number of non-ortho nitro benzene ring substituents is 1. The van der Waals surface area contributed by atoms with Crippen molar-refractivity contribution in [2.75, 3.05) is 19.5 Å². The number of aromatic amines is 1. The summed E-state index contributed by atoms with van der Waals surface area (Å²) in [6.07, 6.45) is 0. The van der Waals surface area contributed by atoms with E-state index < -0.39 is 10.8 Å². The van der Waals surface area contributed by atoms with Crippen LogP contribution < -0.4 is 14.8 Å². The molecule has 1 aromatic heterocycles. The van der Waals surface area contributed by atoms with Crippen molar-refractivity contribution in [1.82, 2.24) is 10.2 Å². The minimum Gasteiger partial charge on any atom is -0.497 e. The summed E-state index contributed by atoms with van der Waals surface area (Å²) in [6, 6.07) is 9.07. The molecular formula is C16H14N4O5. The molecule has 0 bridgehead atoms. The molecule has 0 saturated carbocycles. The van der Waals surface area contributed by atoms with Gasteiger partial charge in [-0.15, -0.1) is 0 Å². The largest absolute Gasteiger partial charge is 0.497 e. The molecule has 0 saturated heterocycles. The van der Waals surface area contributed by atoms with Gasteiger partial charge < -0.3 is 14.8 Å². The van der Waals surface area contributed by atoms with Crippen molar-refractivity contribution in [3.05, 3.63) is 52.2 Å². The van der Waals surface area contributed by atoms with Crippen LogP contribution in [0.15, 0.2) is 36.4 Å². The number of fused-ring (bicyclic) bond motifs is 1. The maximum Gasteiger partial charge on any atom is 0.276 e. The second kappa shape index (κ2) is 6.48. The second-order valence-electron chi connectivity index (χ2n) is 5.11. The minimum absolute atomic E-state index is 0.0560.